The summed E-state index contributed by atoms with van der Waals surface area (Å²) in [5.41, 5.74) is 3.26. The molecule has 1 radical (unpaired) electrons. The van der Waals surface area contributed by atoms with Gasteiger partial charge in [-0.05, 0) is 96.3 Å². The lowest BCUT2D eigenvalue weighted by atomic mass is 9.72. The molecule has 0 amide bonds. The Morgan fingerprint density at radius 3 is 1.38 bits per heavy atom. The van der Waals surface area contributed by atoms with Gasteiger partial charge >= 0.3 is 0 Å². The number of carbonyl (C=O) groups excluding carboxylic acids is 1. The first kappa shape index (κ1) is 29.8. The van der Waals surface area contributed by atoms with E-state index in [0.717, 1.165) is 27.5 Å². The second-order valence-electron chi connectivity index (χ2n) is 15.2. The summed E-state index contributed by atoms with van der Waals surface area (Å²) in [5, 5.41) is 47.5. The number of hydrogen-bond acceptors (Lipinski definition) is 4. The quantitative estimate of drug-likeness (QED) is 0.0841. The highest BCUT2D eigenvalue weighted by atomic mass is 16.1. The lowest BCUT2D eigenvalue weighted by Gasteiger charge is -2.30. The standard InChI is InChI=1S/C40H33N4O/c1-38(2,3)22-10-25-31(20(16-41)17-42)27-12-23(39(4,5)6)14-29-34(27)36-33(25)26(11-22)32(21(18-43)19-44)28-13-24(40(7,8)9)15-30(35(28)36)37(29)45/h10-15H,1-9H3. The number of hydrogen-bond donors (Lipinski definition) is 0. The fourth-order valence-corrected chi connectivity index (χ4v) is 6.80. The van der Waals surface area contributed by atoms with E-state index in [9.17, 15) is 26.0 Å². The minimum absolute atomic E-state index is 0.0472. The number of carbonyl (C=O) groups is 1. The SMILES string of the molecule is CC(C)(C)c1cc2c3c(c1)c(C(=C=[N])C#N)c1cc(C(C)(C)C)cc4c(=C(C#N)C#N)c5cc(C(C)(C)C)cc(c5c3c14)C2=O. The number of benzene rings is 5. The van der Waals surface area contributed by atoms with Gasteiger partial charge in [-0.3, -0.25) is 4.79 Å². The summed E-state index contributed by atoms with van der Waals surface area (Å²) < 4.78 is 0. The lowest BCUT2D eigenvalue weighted by Crippen LogP contribution is -2.21. The van der Waals surface area contributed by atoms with Gasteiger partial charge in [0.05, 0.1) is 0 Å². The van der Waals surface area contributed by atoms with Crippen LogP contribution in [0.15, 0.2) is 36.4 Å². The third-order valence-electron chi connectivity index (χ3n) is 9.28. The van der Waals surface area contributed by atoms with Crippen LogP contribution < -0.4 is 10.6 Å². The lowest BCUT2D eigenvalue weighted by molar-refractivity contribution is 0.104. The first-order valence-electron chi connectivity index (χ1n) is 15.1. The summed E-state index contributed by atoms with van der Waals surface area (Å²) >= 11 is 0. The van der Waals surface area contributed by atoms with E-state index in [-0.39, 0.29) is 33.2 Å². The minimum Gasteiger partial charge on any atom is -0.289 e. The van der Waals surface area contributed by atoms with Crippen LogP contribution in [0.3, 0.4) is 0 Å². The zero-order valence-corrected chi connectivity index (χ0v) is 27.2. The Balaban J connectivity index is 2.17. The van der Waals surface area contributed by atoms with Crippen molar-refractivity contribution in [2.24, 2.45) is 0 Å². The van der Waals surface area contributed by atoms with E-state index in [1.54, 1.807) is 0 Å². The van der Waals surface area contributed by atoms with E-state index < -0.39 is 0 Å². The minimum atomic E-state index is -0.342. The van der Waals surface area contributed by atoms with Crippen LogP contribution in [0.4, 0.5) is 0 Å². The molecule has 0 unspecified atom stereocenters. The average Bonchev–Trinajstić information content (AvgIpc) is 2.96. The van der Waals surface area contributed by atoms with Crippen molar-refractivity contribution in [3.05, 3.63) is 75.0 Å². The Morgan fingerprint density at radius 1 is 0.556 bits per heavy atom. The highest BCUT2D eigenvalue weighted by molar-refractivity contribution is 6.43. The summed E-state index contributed by atoms with van der Waals surface area (Å²) in [4.78, 5) is 14.7. The summed E-state index contributed by atoms with van der Waals surface area (Å²) in [6.45, 7) is 18.8. The number of rotatable bonds is 1. The molecular weight excluding hydrogens is 552 g/mol. The van der Waals surface area contributed by atoms with Gasteiger partial charge in [-0.1, -0.05) is 67.7 Å². The molecule has 0 saturated carbocycles. The highest BCUT2D eigenvalue weighted by Gasteiger charge is 2.33. The van der Waals surface area contributed by atoms with Crippen molar-refractivity contribution in [3.63, 3.8) is 0 Å². The molecule has 1 aliphatic rings. The molecule has 45 heavy (non-hydrogen) atoms. The molecule has 0 aromatic heterocycles. The predicted octanol–water partition coefficient (Wildman–Crippen LogP) is 8.03. The molecule has 0 aliphatic heterocycles. The van der Waals surface area contributed by atoms with Crippen molar-refractivity contribution in [1.82, 2.24) is 5.41 Å². The van der Waals surface area contributed by atoms with Gasteiger partial charge in [-0.2, -0.15) is 15.8 Å². The fraction of sp³-hybridized carbons (Fsp3) is 0.300. The van der Waals surface area contributed by atoms with E-state index in [4.69, 9.17) is 0 Å². The van der Waals surface area contributed by atoms with Crippen LogP contribution in [0, 0.1) is 34.0 Å². The molecule has 219 valence electrons. The number of nitrogens with zero attached hydrogens (tertiary/aromatic N) is 4. The first-order chi connectivity index (χ1) is 21.0. The molecule has 1 aliphatic carbocycles. The fourth-order valence-electron chi connectivity index (χ4n) is 6.80. The molecule has 5 nitrogen and oxygen atoms in total. The van der Waals surface area contributed by atoms with Gasteiger partial charge in [0, 0.05) is 43.9 Å². The normalized spacial score (nSPS) is 13.0. The smallest absolute Gasteiger partial charge is 0.194 e. The number of nitriles is 3. The van der Waals surface area contributed by atoms with E-state index >= 15 is 0 Å². The summed E-state index contributed by atoms with van der Waals surface area (Å²) in [5.74, 6) is 2.00. The zero-order valence-electron chi connectivity index (χ0n) is 27.2. The number of allylic oxidation sites excluding steroid dienone is 1. The van der Waals surface area contributed by atoms with E-state index in [1.165, 1.54) is 0 Å². The predicted molar refractivity (Wildman–Crippen MR) is 182 cm³/mol. The van der Waals surface area contributed by atoms with Gasteiger partial charge in [-0.15, -0.1) is 0 Å². The topological polar surface area (TPSA) is 111 Å². The largest absolute Gasteiger partial charge is 0.289 e. The van der Waals surface area contributed by atoms with Gasteiger partial charge in [0.25, 0.3) is 0 Å². The number of ketones is 1. The van der Waals surface area contributed by atoms with E-state index in [2.05, 4.69) is 86.4 Å². The van der Waals surface area contributed by atoms with Crippen LogP contribution in [0.25, 0.3) is 54.2 Å². The van der Waals surface area contributed by atoms with Gasteiger partial charge < -0.3 is 0 Å². The molecule has 0 spiro atoms. The van der Waals surface area contributed by atoms with Gasteiger partial charge in [0.15, 0.2) is 5.78 Å². The Labute approximate surface area is 263 Å². The van der Waals surface area contributed by atoms with Crippen molar-refractivity contribution in [1.29, 1.82) is 15.8 Å². The zero-order chi connectivity index (χ0) is 33.0. The summed E-state index contributed by atoms with van der Waals surface area (Å²) in [7, 11) is 0. The van der Waals surface area contributed by atoms with Crippen LogP contribution in [-0.4, -0.2) is 11.7 Å². The maximum atomic E-state index is 14.7. The van der Waals surface area contributed by atoms with Crippen molar-refractivity contribution in [2.75, 3.05) is 0 Å². The van der Waals surface area contributed by atoms with Crippen LogP contribution >= 0.6 is 0 Å². The van der Waals surface area contributed by atoms with Gasteiger partial charge in [-0.25, -0.2) is 0 Å². The molecule has 0 fully saturated rings. The van der Waals surface area contributed by atoms with E-state index in [1.807, 2.05) is 36.4 Å². The van der Waals surface area contributed by atoms with Crippen molar-refractivity contribution >= 4 is 65.9 Å². The Morgan fingerprint density at radius 2 is 0.956 bits per heavy atom. The van der Waals surface area contributed by atoms with Crippen molar-refractivity contribution in [3.8, 4) is 18.2 Å². The van der Waals surface area contributed by atoms with Crippen LogP contribution in [0.5, 0.6) is 0 Å². The Kier molecular flexibility index (Phi) is 6.20. The Bertz CT molecular complexity index is 2450. The molecular formula is C40H33N4O. The monoisotopic (exact) mass is 585 g/mol. The molecule has 0 atom stereocenters. The summed E-state index contributed by atoms with van der Waals surface area (Å²) in [6.07, 6.45) is 0. The van der Waals surface area contributed by atoms with Crippen molar-refractivity contribution in [2.45, 2.75) is 78.6 Å². The second kappa shape index (κ2) is 9.36. The Hall–Kier alpha value is -5.27. The van der Waals surface area contributed by atoms with Gasteiger partial charge in [0.2, 0.25) is 0 Å². The van der Waals surface area contributed by atoms with Crippen LogP contribution in [0.1, 0.15) is 100 Å². The molecule has 0 heterocycles. The van der Waals surface area contributed by atoms with Crippen molar-refractivity contribution < 1.29 is 4.79 Å². The maximum Gasteiger partial charge on any atom is 0.194 e. The molecule has 0 N–H and O–H groups in total. The van der Waals surface area contributed by atoms with Gasteiger partial charge in [0.1, 0.15) is 29.4 Å². The highest BCUT2D eigenvalue weighted by Crippen LogP contribution is 2.49. The second-order valence-corrected chi connectivity index (χ2v) is 15.2. The average molecular weight is 586 g/mol. The third-order valence-corrected chi connectivity index (χ3v) is 9.28. The van der Waals surface area contributed by atoms with Crippen LogP contribution in [0.2, 0.25) is 0 Å². The first-order valence-corrected chi connectivity index (χ1v) is 15.1. The molecule has 6 rings (SSSR count). The maximum absolute atomic E-state index is 14.7. The molecule has 5 heteroatoms. The van der Waals surface area contributed by atoms with E-state index in [0.29, 0.717) is 54.2 Å². The molecule has 5 aromatic carbocycles. The molecule has 5 aromatic rings. The third kappa shape index (κ3) is 4.11. The molecule has 0 saturated heterocycles. The summed E-state index contributed by atoms with van der Waals surface area (Å²) in [6, 6.07) is 18.5. The van der Waals surface area contributed by atoms with Crippen LogP contribution in [-0.2, 0) is 16.2 Å². The molecule has 0 bridgehead atoms.